The molecule has 1 spiro atoms. The van der Waals surface area contributed by atoms with Gasteiger partial charge in [0.15, 0.2) is 5.82 Å². The number of aliphatic imine (C=N–C) groups is 1. The molecule has 11 nitrogen and oxygen atoms in total. The summed E-state index contributed by atoms with van der Waals surface area (Å²) in [4.78, 5) is 47.5. The Morgan fingerprint density at radius 2 is 1.78 bits per heavy atom. The number of nitrogens with zero attached hydrogens (tertiary/aromatic N) is 8. The number of carbonyl (C=O) groups excluding carboxylic acids is 2. The zero-order valence-electron chi connectivity index (χ0n) is 29.6. The Hall–Kier alpha value is -5.16. The number of fused-ring (bicyclic) bond motifs is 1. The number of piperidine rings is 1. The average molecular weight is 685 g/mol. The summed E-state index contributed by atoms with van der Waals surface area (Å²) in [6.07, 6.45) is 9.11. The van der Waals surface area contributed by atoms with Gasteiger partial charge in [-0.05, 0) is 81.0 Å². The average Bonchev–Trinajstić information content (AvgIpc) is 3.85. The normalized spacial score (nSPS) is 20.6. The monoisotopic (exact) mass is 684 g/mol. The fourth-order valence-corrected chi connectivity index (χ4v) is 7.98. The predicted octanol–water partition coefficient (Wildman–Crippen LogP) is 5.15. The van der Waals surface area contributed by atoms with Gasteiger partial charge in [0.2, 0.25) is 17.7 Å². The van der Waals surface area contributed by atoms with Gasteiger partial charge in [0.1, 0.15) is 6.33 Å². The molecule has 2 aromatic heterocycles. The van der Waals surface area contributed by atoms with E-state index in [1.165, 1.54) is 11.1 Å². The van der Waals surface area contributed by atoms with Crippen LogP contribution in [0.3, 0.4) is 0 Å². The third-order valence-electron chi connectivity index (χ3n) is 10.6. The number of carbonyl (C=O) groups is 2. The molecule has 0 bridgehead atoms. The first-order valence-electron chi connectivity index (χ1n) is 18.0. The largest absolute Gasteiger partial charge is 0.475 e. The minimum absolute atomic E-state index is 0.0571. The molecule has 4 aliphatic rings. The molecule has 2 saturated heterocycles. The molecule has 6 heterocycles. The summed E-state index contributed by atoms with van der Waals surface area (Å²) in [5.41, 5.74) is 7.88. The van der Waals surface area contributed by atoms with Gasteiger partial charge < -0.3 is 14.5 Å². The van der Waals surface area contributed by atoms with Gasteiger partial charge in [0.25, 0.3) is 0 Å². The van der Waals surface area contributed by atoms with Crippen LogP contribution in [-0.4, -0.2) is 92.4 Å². The molecule has 0 unspecified atom stereocenters. The molecule has 4 aliphatic heterocycles. The van der Waals surface area contributed by atoms with Crippen LogP contribution in [0.5, 0.6) is 5.88 Å². The number of pyridine rings is 1. The number of aromatic nitrogens is 4. The fourth-order valence-electron chi connectivity index (χ4n) is 7.98. The van der Waals surface area contributed by atoms with Crippen molar-refractivity contribution in [3.63, 3.8) is 0 Å². The molecule has 0 aliphatic carbocycles. The molecule has 11 heteroatoms. The number of anilines is 1. The van der Waals surface area contributed by atoms with E-state index >= 15 is 0 Å². The Morgan fingerprint density at radius 1 is 0.961 bits per heavy atom. The first-order chi connectivity index (χ1) is 24.7. The molecule has 0 saturated carbocycles. The molecular formula is C40H44N8O3. The maximum Gasteiger partial charge on any atom is 0.237 e. The van der Waals surface area contributed by atoms with E-state index in [2.05, 4.69) is 68.5 Å². The lowest BCUT2D eigenvalue weighted by atomic mass is 9.78. The van der Waals surface area contributed by atoms with E-state index in [-0.39, 0.29) is 17.9 Å². The Balaban J connectivity index is 0.891. The van der Waals surface area contributed by atoms with Gasteiger partial charge in [-0.3, -0.25) is 24.2 Å². The van der Waals surface area contributed by atoms with Crippen molar-refractivity contribution in [1.82, 2.24) is 29.5 Å². The van der Waals surface area contributed by atoms with Crippen LogP contribution >= 0.6 is 0 Å². The van der Waals surface area contributed by atoms with Crippen LogP contribution < -0.4 is 9.64 Å². The van der Waals surface area contributed by atoms with Crippen molar-refractivity contribution in [3.8, 4) is 17.3 Å². The van der Waals surface area contributed by atoms with E-state index in [4.69, 9.17) is 9.73 Å². The van der Waals surface area contributed by atoms with Gasteiger partial charge >= 0.3 is 0 Å². The first-order valence-corrected chi connectivity index (χ1v) is 18.0. The summed E-state index contributed by atoms with van der Waals surface area (Å²) in [7, 11) is 1.86. The molecule has 262 valence electrons. The number of amides is 2. The summed E-state index contributed by atoms with van der Waals surface area (Å²) < 4.78 is 7.42. The summed E-state index contributed by atoms with van der Waals surface area (Å²) in [6.45, 7) is 8.34. The van der Waals surface area contributed by atoms with Gasteiger partial charge in [-0.25, -0.2) is 9.97 Å². The van der Waals surface area contributed by atoms with Crippen LogP contribution in [-0.2, 0) is 23.2 Å². The Morgan fingerprint density at radius 3 is 2.51 bits per heavy atom. The van der Waals surface area contributed by atoms with Crippen LogP contribution in [0.25, 0.3) is 17.0 Å². The van der Waals surface area contributed by atoms with E-state index < -0.39 is 5.41 Å². The van der Waals surface area contributed by atoms with Gasteiger partial charge in [-0.2, -0.15) is 5.10 Å². The van der Waals surface area contributed by atoms with Crippen molar-refractivity contribution < 1.29 is 14.3 Å². The number of hydrogen-bond acceptors (Lipinski definition) is 8. The summed E-state index contributed by atoms with van der Waals surface area (Å²) >= 11 is 0. The number of rotatable bonds is 8. The highest BCUT2D eigenvalue weighted by molar-refractivity contribution is 6.16. The van der Waals surface area contributed by atoms with E-state index in [0.717, 1.165) is 65.9 Å². The van der Waals surface area contributed by atoms with Crippen LogP contribution in [0.4, 0.5) is 5.69 Å². The zero-order valence-corrected chi connectivity index (χ0v) is 29.6. The molecule has 8 rings (SSSR count). The number of aryl methyl sites for hydroxylation is 1. The maximum atomic E-state index is 14.2. The van der Waals surface area contributed by atoms with E-state index in [0.29, 0.717) is 51.0 Å². The quantitative estimate of drug-likeness (QED) is 0.253. The minimum Gasteiger partial charge on any atom is -0.475 e. The predicted molar refractivity (Wildman–Crippen MR) is 196 cm³/mol. The lowest BCUT2D eigenvalue weighted by Crippen LogP contribution is -2.51. The molecule has 51 heavy (non-hydrogen) atoms. The minimum atomic E-state index is -0.462. The lowest BCUT2D eigenvalue weighted by molar-refractivity contribution is -0.135. The van der Waals surface area contributed by atoms with E-state index in [1.807, 2.05) is 49.0 Å². The Kier molecular flexibility index (Phi) is 8.75. The molecule has 2 fully saturated rings. The van der Waals surface area contributed by atoms with Crippen LogP contribution in [0, 0.1) is 5.41 Å². The topological polar surface area (TPSA) is 109 Å². The number of hydrogen-bond donors (Lipinski definition) is 0. The molecule has 2 amide bonds. The summed E-state index contributed by atoms with van der Waals surface area (Å²) in [5, 5.41) is 4.39. The highest BCUT2D eigenvalue weighted by Crippen LogP contribution is 2.42. The smallest absolute Gasteiger partial charge is 0.237 e. The third-order valence-corrected chi connectivity index (χ3v) is 10.6. The molecule has 4 aromatic rings. The van der Waals surface area contributed by atoms with Gasteiger partial charge in [0, 0.05) is 67.9 Å². The van der Waals surface area contributed by atoms with Gasteiger partial charge in [0.05, 0.1) is 30.3 Å². The molecule has 1 atom stereocenters. The number of ether oxygens (including phenoxy) is 1. The summed E-state index contributed by atoms with van der Waals surface area (Å²) in [5.74, 6) is 1.61. The van der Waals surface area contributed by atoms with Crippen molar-refractivity contribution in [2.75, 3.05) is 44.2 Å². The van der Waals surface area contributed by atoms with Crippen molar-refractivity contribution in [2.45, 2.75) is 52.2 Å². The highest BCUT2D eigenvalue weighted by Gasteiger charge is 2.49. The summed E-state index contributed by atoms with van der Waals surface area (Å²) in [6, 6.07) is 18.5. The second-order valence-corrected chi connectivity index (χ2v) is 14.5. The molecular weight excluding hydrogens is 640 g/mol. The molecule has 0 radical (unpaired) electrons. The van der Waals surface area contributed by atoms with Crippen LogP contribution in [0.1, 0.15) is 61.8 Å². The number of benzene rings is 2. The van der Waals surface area contributed by atoms with Crippen LogP contribution in [0.2, 0.25) is 0 Å². The molecule has 2 aromatic carbocycles. The lowest BCUT2D eigenvalue weighted by Gasteiger charge is -2.39. The van der Waals surface area contributed by atoms with Crippen LogP contribution in [0.15, 0.2) is 78.2 Å². The van der Waals surface area contributed by atoms with Crippen molar-refractivity contribution in [3.05, 3.63) is 95.5 Å². The van der Waals surface area contributed by atoms with Crippen molar-refractivity contribution in [2.24, 2.45) is 17.5 Å². The Labute approximate surface area is 298 Å². The van der Waals surface area contributed by atoms with Crippen molar-refractivity contribution >= 4 is 28.8 Å². The second-order valence-electron chi connectivity index (χ2n) is 14.5. The van der Waals surface area contributed by atoms with Crippen molar-refractivity contribution in [1.29, 1.82) is 0 Å². The second kappa shape index (κ2) is 13.5. The van der Waals surface area contributed by atoms with E-state index in [9.17, 15) is 9.59 Å². The first kappa shape index (κ1) is 33.0. The fraction of sp³-hybridized carbons (Fsp3) is 0.400. The highest BCUT2D eigenvalue weighted by atomic mass is 16.5. The van der Waals surface area contributed by atoms with Gasteiger partial charge in [-0.1, -0.05) is 36.4 Å². The SMILES string of the molecule is CC(C)Oc1ccc(C2=NCc3ccc(N4CC[C@]5(CCCN(CC(=O)N6CC=C(c7ccc(-c8ncn(C)n8)cc7)CC6)C5)C4=O)cc32)cn1. The standard InChI is InChI=1S/C40H44N8O3/c1-27(2)51-35-12-10-32(23-41-35)37-34-21-33(11-9-31(34)22-42-37)48-20-16-40(39(48)50)15-4-17-46(25-40)24-36(49)47-18-13-29(14-19-47)28-5-7-30(8-6-28)38-43-26-45(3)44-38/h5-13,21,23,26-27H,4,14-20,22,24-25H2,1-3H3/t40-/m0/s1. The Bertz CT molecular complexity index is 2020. The zero-order chi connectivity index (χ0) is 35.1. The van der Waals surface area contributed by atoms with E-state index in [1.54, 1.807) is 11.0 Å². The van der Waals surface area contributed by atoms with Gasteiger partial charge in [-0.15, -0.1) is 0 Å². The number of likely N-dealkylation sites (tertiary alicyclic amines) is 1. The maximum absolute atomic E-state index is 14.2. The third kappa shape index (κ3) is 6.58. The molecule has 0 N–H and O–H groups in total.